The van der Waals surface area contributed by atoms with Gasteiger partial charge in [-0.05, 0) is 74.9 Å². The molecular formula is C30H37F2N5O2. The molecule has 0 spiro atoms. The fourth-order valence-electron chi connectivity index (χ4n) is 6.12. The minimum atomic E-state index is -0.803. The first-order valence-electron chi connectivity index (χ1n) is 14.0. The molecule has 0 atom stereocenters. The van der Waals surface area contributed by atoms with E-state index in [1.807, 2.05) is 12.1 Å². The van der Waals surface area contributed by atoms with E-state index in [4.69, 9.17) is 10.7 Å². The van der Waals surface area contributed by atoms with Crippen molar-refractivity contribution in [1.29, 1.82) is 0 Å². The summed E-state index contributed by atoms with van der Waals surface area (Å²) in [5.74, 6) is -0.0443. The van der Waals surface area contributed by atoms with Crippen LogP contribution >= 0.6 is 0 Å². The molecular weight excluding hydrogens is 500 g/mol. The molecule has 2 aromatic carbocycles. The maximum atomic E-state index is 14.1. The maximum absolute atomic E-state index is 14.1. The number of nitrogens with two attached hydrogens (primary N) is 1. The van der Waals surface area contributed by atoms with Gasteiger partial charge in [0.2, 0.25) is 0 Å². The molecule has 2 amide bonds. The Morgan fingerprint density at radius 3 is 2.26 bits per heavy atom. The van der Waals surface area contributed by atoms with E-state index in [0.29, 0.717) is 36.0 Å². The highest BCUT2D eigenvalue weighted by Gasteiger charge is 2.29. The molecule has 2 saturated heterocycles. The molecule has 0 saturated carbocycles. The smallest absolute Gasteiger partial charge is 0.256 e. The average molecular weight is 538 g/mol. The van der Waals surface area contributed by atoms with Gasteiger partial charge in [-0.25, -0.2) is 13.8 Å². The lowest BCUT2D eigenvalue weighted by molar-refractivity contribution is 0.0645. The summed E-state index contributed by atoms with van der Waals surface area (Å²) in [5.41, 5.74) is 7.68. The monoisotopic (exact) mass is 537 g/mol. The summed E-state index contributed by atoms with van der Waals surface area (Å²) in [4.78, 5) is 33.7. The number of hydrogen-bond acceptors (Lipinski definition) is 4. The number of likely N-dealkylation sites (tertiary alicyclic amines) is 2. The molecule has 2 aliphatic heterocycles. The highest BCUT2D eigenvalue weighted by Crippen LogP contribution is 2.29. The fraction of sp³-hybridized carbons (Fsp3) is 0.500. The SMILES string of the molecule is CC(C)c1nc2c(C(N)=O)cccc2n1CC1CCN(CC2CCN(C(=O)c3ccc(F)cc3F)CC2)CC1. The number of halogens is 2. The second-order valence-corrected chi connectivity index (χ2v) is 11.4. The number of piperidine rings is 2. The molecule has 208 valence electrons. The molecule has 0 unspecified atom stereocenters. The lowest BCUT2D eigenvalue weighted by Gasteiger charge is -2.38. The van der Waals surface area contributed by atoms with Crippen molar-refractivity contribution in [2.24, 2.45) is 17.6 Å². The number of imidazole rings is 1. The lowest BCUT2D eigenvalue weighted by atomic mass is 9.92. The Balaban J connectivity index is 1.14. The Bertz CT molecular complexity index is 1350. The lowest BCUT2D eigenvalue weighted by Crippen LogP contribution is -2.43. The van der Waals surface area contributed by atoms with E-state index >= 15 is 0 Å². The van der Waals surface area contributed by atoms with Gasteiger partial charge in [-0.1, -0.05) is 19.9 Å². The normalized spacial score (nSPS) is 17.8. The number of amides is 2. The van der Waals surface area contributed by atoms with Gasteiger partial charge in [0.05, 0.1) is 16.6 Å². The maximum Gasteiger partial charge on any atom is 0.256 e. The van der Waals surface area contributed by atoms with Gasteiger partial charge in [-0.3, -0.25) is 9.59 Å². The molecule has 5 rings (SSSR count). The molecule has 7 nitrogen and oxygen atoms in total. The number of aromatic nitrogens is 2. The van der Waals surface area contributed by atoms with Crippen LogP contribution in [-0.2, 0) is 6.54 Å². The highest BCUT2D eigenvalue weighted by molar-refractivity contribution is 6.04. The van der Waals surface area contributed by atoms with E-state index in [1.165, 1.54) is 6.07 Å². The van der Waals surface area contributed by atoms with E-state index in [-0.39, 0.29) is 17.4 Å². The van der Waals surface area contributed by atoms with Gasteiger partial charge in [0.1, 0.15) is 23.0 Å². The molecule has 2 fully saturated rings. The topological polar surface area (TPSA) is 84.5 Å². The van der Waals surface area contributed by atoms with Gasteiger partial charge in [0, 0.05) is 38.2 Å². The van der Waals surface area contributed by atoms with Crippen LogP contribution in [-0.4, -0.2) is 63.9 Å². The number of rotatable bonds is 7. The number of primary amides is 1. The fourth-order valence-corrected chi connectivity index (χ4v) is 6.12. The van der Waals surface area contributed by atoms with Gasteiger partial charge in [-0.15, -0.1) is 0 Å². The van der Waals surface area contributed by atoms with Crippen LogP contribution in [0.2, 0.25) is 0 Å². The number of carbonyl (C=O) groups excluding carboxylic acids is 2. The number of benzene rings is 2. The van der Waals surface area contributed by atoms with E-state index in [9.17, 15) is 18.4 Å². The minimum Gasteiger partial charge on any atom is -0.366 e. The third-order valence-corrected chi connectivity index (χ3v) is 8.32. The number of hydrogen-bond donors (Lipinski definition) is 1. The summed E-state index contributed by atoms with van der Waals surface area (Å²) in [6.07, 6.45) is 3.95. The van der Waals surface area contributed by atoms with Crippen molar-refractivity contribution in [2.45, 2.75) is 52.0 Å². The second kappa shape index (κ2) is 11.4. The van der Waals surface area contributed by atoms with Gasteiger partial charge < -0.3 is 20.1 Å². The van der Waals surface area contributed by atoms with Gasteiger partial charge >= 0.3 is 0 Å². The highest BCUT2D eigenvalue weighted by atomic mass is 19.1. The summed E-state index contributed by atoms with van der Waals surface area (Å²) in [6, 6.07) is 8.77. The van der Waals surface area contributed by atoms with Crippen LogP contribution in [0.1, 0.15) is 72.0 Å². The Labute approximate surface area is 228 Å². The van der Waals surface area contributed by atoms with Crippen LogP contribution in [0.5, 0.6) is 0 Å². The molecule has 9 heteroatoms. The predicted octanol–water partition coefficient (Wildman–Crippen LogP) is 4.80. The standard InChI is InChI=1S/C30H37F2N5O2/c1-19(2)29-34-27-24(28(33)38)4-3-5-26(27)37(29)18-21-8-12-35(13-9-21)17-20-10-14-36(15-11-20)30(39)23-7-6-22(31)16-25(23)32/h3-7,16,19-21H,8-15,17-18H2,1-2H3,(H2,33,38). The van der Waals surface area contributed by atoms with Crippen LogP contribution in [0.4, 0.5) is 8.78 Å². The first-order chi connectivity index (χ1) is 18.7. The largest absolute Gasteiger partial charge is 0.366 e. The van der Waals surface area contributed by atoms with Crippen molar-refractivity contribution in [3.63, 3.8) is 0 Å². The van der Waals surface area contributed by atoms with Crippen molar-refractivity contribution >= 4 is 22.8 Å². The van der Waals surface area contributed by atoms with Crippen molar-refractivity contribution in [2.75, 3.05) is 32.7 Å². The van der Waals surface area contributed by atoms with Gasteiger partial charge in [0.25, 0.3) is 11.8 Å². The summed E-state index contributed by atoms with van der Waals surface area (Å²) in [7, 11) is 0. The van der Waals surface area contributed by atoms with Crippen LogP contribution in [0, 0.1) is 23.5 Å². The third-order valence-electron chi connectivity index (χ3n) is 8.32. The molecule has 2 N–H and O–H groups in total. The first-order valence-corrected chi connectivity index (χ1v) is 14.0. The predicted molar refractivity (Wildman–Crippen MR) is 146 cm³/mol. The third kappa shape index (κ3) is 5.83. The van der Waals surface area contributed by atoms with E-state index in [0.717, 1.165) is 75.3 Å². The van der Waals surface area contributed by atoms with Crippen molar-refractivity contribution in [1.82, 2.24) is 19.4 Å². The molecule has 0 bridgehead atoms. The molecule has 39 heavy (non-hydrogen) atoms. The summed E-state index contributed by atoms with van der Waals surface area (Å²) in [6.45, 7) is 9.37. The summed E-state index contributed by atoms with van der Waals surface area (Å²) in [5, 5.41) is 0. The molecule has 3 aromatic rings. The van der Waals surface area contributed by atoms with Crippen LogP contribution in [0.3, 0.4) is 0 Å². The Morgan fingerprint density at radius 2 is 1.62 bits per heavy atom. The molecule has 1 aromatic heterocycles. The van der Waals surface area contributed by atoms with Gasteiger partial charge in [-0.2, -0.15) is 0 Å². The van der Waals surface area contributed by atoms with E-state index < -0.39 is 17.5 Å². The Kier molecular flexibility index (Phi) is 7.98. The second-order valence-electron chi connectivity index (χ2n) is 11.4. The van der Waals surface area contributed by atoms with Crippen molar-refractivity contribution < 1.29 is 18.4 Å². The molecule has 0 aliphatic carbocycles. The summed E-state index contributed by atoms with van der Waals surface area (Å²) >= 11 is 0. The zero-order valence-electron chi connectivity index (χ0n) is 22.7. The average Bonchev–Trinajstić information content (AvgIpc) is 3.28. The number of fused-ring (bicyclic) bond motifs is 1. The number of carbonyl (C=O) groups is 2. The quantitative estimate of drug-likeness (QED) is 0.469. The number of para-hydroxylation sites is 1. The molecule has 2 aliphatic rings. The number of nitrogens with zero attached hydrogens (tertiary/aromatic N) is 4. The Hall–Kier alpha value is -3.33. The van der Waals surface area contributed by atoms with E-state index in [2.05, 4.69) is 23.3 Å². The molecule has 3 heterocycles. The van der Waals surface area contributed by atoms with Crippen LogP contribution in [0.25, 0.3) is 11.0 Å². The zero-order chi connectivity index (χ0) is 27.7. The minimum absolute atomic E-state index is 0.0610. The zero-order valence-corrected chi connectivity index (χ0v) is 22.7. The van der Waals surface area contributed by atoms with Crippen LogP contribution in [0.15, 0.2) is 36.4 Å². The van der Waals surface area contributed by atoms with E-state index in [1.54, 1.807) is 11.0 Å². The van der Waals surface area contributed by atoms with Gasteiger partial charge in [0.15, 0.2) is 0 Å². The van der Waals surface area contributed by atoms with Crippen molar-refractivity contribution in [3.05, 3.63) is 65.0 Å². The summed E-state index contributed by atoms with van der Waals surface area (Å²) < 4.78 is 29.6. The molecule has 0 radical (unpaired) electrons. The first kappa shape index (κ1) is 27.2. The Morgan fingerprint density at radius 1 is 0.949 bits per heavy atom. The van der Waals surface area contributed by atoms with Crippen LogP contribution < -0.4 is 5.73 Å². The van der Waals surface area contributed by atoms with Crippen molar-refractivity contribution in [3.8, 4) is 0 Å².